The molecule has 4 rings (SSSR count). The van der Waals surface area contributed by atoms with Crippen LogP contribution in [-0.4, -0.2) is 42.2 Å². The summed E-state index contributed by atoms with van der Waals surface area (Å²) in [5.41, 5.74) is 7.80. The highest BCUT2D eigenvalue weighted by molar-refractivity contribution is 6.33. The van der Waals surface area contributed by atoms with Crippen molar-refractivity contribution in [1.29, 1.82) is 0 Å². The number of aromatic nitrogens is 1. The van der Waals surface area contributed by atoms with Crippen LogP contribution in [0.25, 0.3) is 11.1 Å². The highest BCUT2D eigenvalue weighted by Crippen LogP contribution is 2.36. The summed E-state index contributed by atoms with van der Waals surface area (Å²) in [5, 5.41) is 3.98. The Bertz CT molecular complexity index is 1020. The van der Waals surface area contributed by atoms with Crippen LogP contribution in [0.1, 0.15) is 5.56 Å². The quantitative estimate of drug-likeness (QED) is 0.657. The van der Waals surface area contributed by atoms with Gasteiger partial charge in [-0.3, -0.25) is 4.98 Å². The van der Waals surface area contributed by atoms with Gasteiger partial charge in [0.2, 0.25) is 0 Å². The number of carbonyl (C=O) groups excluding carboxylic acids is 1. The fourth-order valence-electron chi connectivity index (χ4n) is 3.88. The van der Waals surface area contributed by atoms with Crippen LogP contribution in [0.2, 0.25) is 5.02 Å². The Balaban J connectivity index is 1.73. The maximum absolute atomic E-state index is 12.3. The van der Waals surface area contributed by atoms with Crippen molar-refractivity contribution in [2.24, 2.45) is 5.73 Å². The first-order valence-electron chi connectivity index (χ1n) is 9.76. The predicted octanol–water partition coefficient (Wildman–Crippen LogP) is 3.66. The minimum absolute atomic E-state index is 0.218. The molecule has 1 aliphatic rings. The van der Waals surface area contributed by atoms with E-state index in [4.69, 9.17) is 22.1 Å². The number of carbonyl (C=O) groups is 1. The van der Waals surface area contributed by atoms with E-state index in [1.807, 2.05) is 54.6 Å². The summed E-state index contributed by atoms with van der Waals surface area (Å²) in [6.45, 7) is 1.85. The van der Waals surface area contributed by atoms with Crippen LogP contribution in [0.5, 0.6) is 5.75 Å². The summed E-state index contributed by atoms with van der Waals surface area (Å²) in [6, 6.07) is 19.0. The predicted molar refractivity (Wildman–Crippen MR) is 117 cm³/mol. The molecule has 3 aromatic rings. The molecular weight excluding hydrogens is 400 g/mol. The minimum atomic E-state index is -0.793. The van der Waals surface area contributed by atoms with Crippen molar-refractivity contribution in [3.63, 3.8) is 0 Å². The molecule has 1 unspecified atom stereocenters. The maximum Gasteiger partial charge on any atom is 0.315 e. The average molecular weight is 423 g/mol. The van der Waals surface area contributed by atoms with Gasteiger partial charge in [-0.1, -0.05) is 54.1 Å². The fourth-order valence-corrected chi connectivity index (χ4v) is 4.17. The van der Waals surface area contributed by atoms with Crippen LogP contribution < -0.4 is 15.8 Å². The first-order valence-corrected chi connectivity index (χ1v) is 10.1. The number of hydrogen-bond donors (Lipinski definition) is 2. The van der Waals surface area contributed by atoms with Gasteiger partial charge >= 0.3 is 6.03 Å². The van der Waals surface area contributed by atoms with Crippen LogP contribution in [0.3, 0.4) is 0 Å². The minimum Gasteiger partial charge on any atom is -0.489 e. The van der Waals surface area contributed by atoms with E-state index >= 15 is 0 Å². The van der Waals surface area contributed by atoms with Gasteiger partial charge in [0.15, 0.2) is 0 Å². The second kappa shape index (κ2) is 8.73. The van der Waals surface area contributed by atoms with Crippen molar-refractivity contribution in [1.82, 2.24) is 15.2 Å². The normalized spacial score (nSPS) is 18.8. The van der Waals surface area contributed by atoms with Crippen LogP contribution in [0.4, 0.5) is 4.79 Å². The first kappa shape index (κ1) is 20.2. The Morgan fingerprint density at radius 2 is 2.03 bits per heavy atom. The molecular formula is C23H23ClN4O2. The molecule has 154 valence electrons. The lowest BCUT2D eigenvalue weighted by Gasteiger charge is -2.46. The van der Waals surface area contributed by atoms with E-state index in [1.54, 1.807) is 23.4 Å². The zero-order chi connectivity index (χ0) is 21.0. The molecule has 1 atom stereocenters. The van der Waals surface area contributed by atoms with E-state index in [2.05, 4.69) is 10.3 Å². The molecule has 1 aromatic heterocycles. The number of primary amides is 1. The van der Waals surface area contributed by atoms with Gasteiger partial charge < -0.3 is 20.7 Å². The Kier molecular flexibility index (Phi) is 5.88. The van der Waals surface area contributed by atoms with Crippen molar-refractivity contribution in [3.8, 4) is 16.9 Å². The Hall–Kier alpha value is -3.09. The topological polar surface area (TPSA) is 80.5 Å². The number of urea groups is 1. The molecule has 2 aromatic carbocycles. The Labute approximate surface area is 180 Å². The molecule has 0 radical (unpaired) electrons. The zero-order valence-electron chi connectivity index (χ0n) is 16.4. The summed E-state index contributed by atoms with van der Waals surface area (Å²) in [7, 11) is 0. The van der Waals surface area contributed by atoms with Crippen LogP contribution >= 0.6 is 11.6 Å². The van der Waals surface area contributed by atoms with Gasteiger partial charge in [-0.25, -0.2) is 4.79 Å². The van der Waals surface area contributed by atoms with Gasteiger partial charge in [-0.05, 0) is 29.3 Å². The molecule has 0 spiro atoms. The number of halogens is 1. The fraction of sp³-hybridized carbons (Fsp3) is 0.217. The van der Waals surface area contributed by atoms with Gasteiger partial charge in [-0.15, -0.1) is 0 Å². The molecule has 1 fully saturated rings. The molecule has 3 N–H and O–H groups in total. The Morgan fingerprint density at radius 3 is 2.73 bits per heavy atom. The number of ether oxygens (including phenoxy) is 1. The standard InChI is InChI=1S/C23H23ClN4O2/c24-21-13-18(8-9-20(21)17-5-2-1-3-6-17)23(15-27-11-12-28(23)22(25)29)16-30-19-7-4-10-26-14-19/h1-10,13-14,27H,11-12,15-16H2,(H2,25,29). The van der Waals surface area contributed by atoms with E-state index in [-0.39, 0.29) is 6.61 Å². The molecule has 30 heavy (non-hydrogen) atoms. The third-order valence-electron chi connectivity index (χ3n) is 5.42. The van der Waals surface area contributed by atoms with Gasteiger partial charge in [0.05, 0.1) is 6.20 Å². The molecule has 1 aliphatic heterocycles. The third kappa shape index (κ3) is 3.97. The third-order valence-corrected chi connectivity index (χ3v) is 5.73. The summed E-state index contributed by atoms with van der Waals surface area (Å²) < 4.78 is 6.04. The number of nitrogens with two attached hydrogens (primary N) is 1. The number of hydrogen-bond acceptors (Lipinski definition) is 4. The number of amides is 2. The van der Waals surface area contributed by atoms with Gasteiger partial charge in [0, 0.05) is 36.4 Å². The number of pyridine rings is 1. The van der Waals surface area contributed by atoms with E-state index in [1.165, 1.54) is 0 Å². The van der Waals surface area contributed by atoms with Crippen molar-refractivity contribution < 1.29 is 9.53 Å². The van der Waals surface area contributed by atoms with Gasteiger partial charge in [0.1, 0.15) is 17.9 Å². The lowest BCUT2D eigenvalue weighted by Crippen LogP contribution is -2.64. The largest absolute Gasteiger partial charge is 0.489 e. The summed E-state index contributed by atoms with van der Waals surface area (Å²) >= 11 is 6.68. The molecule has 6 nitrogen and oxygen atoms in total. The molecule has 7 heteroatoms. The smallest absolute Gasteiger partial charge is 0.315 e. The number of benzene rings is 2. The second-order valence-corrected chi connectivity index (χ2v) is 7.64. The SMILES string of the molecule is NC(=O)N1CCNCC1(COc1cccnc1)c1ccc(-c2ccccc2)c(Cl)c1. The van der Waals surface area contributed by atoms with Gasteiger partial charge in [-0.2, -0.15) is 0 Å². The lowest BCUT2D eigenvalue weighted by molar-refractivity contribution is 0.0468. The van der Waals surface area contributed by atoms with Crippen molar-refractivity contribution in [2.45, 2.75) is 5.54 Å². The molecule has 1 saturated heterocycles. The molecule has 0 bridgehead atoms. The van der Waals surface area contributed by atoms with E-state index in [9.17, 15) is 4.79 Å². The number of nitrogens with one attached hydrogen (secondary N) is 1. The van der Waals surface area contributed by atoms with Crippen LogP contribution in [0, 0.1) is 0 Å². The van der Waals surface area contributed by atoms with Crippen LogP contribution in [0.15, 0.2) is 73.1 Å². The molecule has 2 heterocycles. The number of rotatable bonds is 5. The average Bonchev–Trinajstić information content (AvgIpc) is 2.79. The summed E-state index contributed by atoms with van der Waals surface area (Å²) in [4.78, 5) is 18.1. The number of nitrogens with zero attached hydrogens (tertiary/aromatic N) is 2. The summed E-state index contributed by atoms with van der Waals surface area (Å²) in [5.74, 6) is 0.624. The Morgan fingerprint density at radius 1 is 1.20 bits per heavy atom. The second-order valence-electron chi connectivity index (χ2n) is 7.24. The zero-order valence-corrected chi connectivity index (χ0v) is 17.2. The highest BCUT2D eigenvalue weighted by atomic mass is 35.5. The van der Waals surface area contributed by atoms with Gasteiger partial charge in [0.25, 0.3) is 0 Å². The van der Waals surface area contributed by atoms with Crippen LogP contribution in [-0.2, 0) is 5.54 Å². The lowest BCUT2D eigenvalue weighted by atomic mass is 9.86. The van der Waals surface area contributed by atoms with E-state index < -0.39 is 11.6 Å². The first-order chi connectivity index (χ1) is 14.6. The maximum atomic E-state index is 12.3. The highest BCUT2D eigenvalue weighted by Gasteiger charge is 2.44. The summed E-state index contributed by atoms with van der Waals surface area (Å²) in [6.07, 6.45) is 3.33. The van der Waals surface area contributed by atoms with E-state index in [0.29, 0.717) is 30.4 Å². The molecule has 2 amide bonds. The van der Waals surface area contributed by atoms with Crippen molar-refractivity contribution >= 4 is 17.6 Å². The van der Waals surface area contributed by atoms with Crippen molar-refractivity contribution in [3.05, 3.63) is 83.6 Å². The molecule has 0 saturated carbocycles. The monoisotopic (exact) mass is 422 g/mol. The van der Waals surface area contributed by atoms with Crippen molar-refractivity contribution in [2.75, 3.05) is 26.2 Å². The molecule has 0 aliphatic carbocycles. The van der Waals surface area contributed by atoms with E-state index in [0.717, 1.165) is 16.7 Å². The number of piperazine rings is 1.